The van der Waals surface area contributed by atoms with Crippen LogP contribution in [0.25, 0.3) is 0 Å². The molecule has 0 atom stereocenters. The summed E-state index contributed by atoms with van der Waals surface area (Å²) in [7, 11) is 0. The van der Waals surface area contributed by atoms with Crippen LogP contribution >= 0.6 is 27.7 Å². The van der Waals surface area contributed by atoms with E-state index >= 15 is 0 Å². The van der Waals surface area contributed by atoms with Gasteiger partial charge >= 0.3 is 0 Å². The van der Waals surface area contributed by atoms with E-state index in [1.807, 2.05) is 0 Å². The number of rotatable bonds is 4. The zero-order chi connectivity index (χ0) is 10.6. The van der Waals surface area contributed by atoms with Gasteiger partial charge in [-0.15, -0.1) is 11.8 Å². The van der Waals surface area contributed by atoms with Crippen molar-refractivity contribution in [3.8, 4) is 0 Å². The third-order valence-corrected chi connectivity index (χ3v) is 3.57. The van der Waals surface area contributed by atoms with Crippen molar-refractivity contribution in [1.29, 1.82) is 0 Å². The molecule has 0 aliphatic heterocycles. The molecule has 14 heavy (non-hydrogen) atoms. The molecule has 0 aliphatic rings. The summed E-state index contributed by atoms with van der Waals surface area (Å²) in [5, 5.41) is 0. The van der Waals surface area contributed by atoms with Gasteiger partial charge in [-0.2, -0.15) is 0 Å². The molecule has 1 aromatic carbocycles. The molecule has 4 heteroatoms. The molecule has 0 aliphatic carbocycles. The minimum Gasteiger partial charge on any atom is -0.398 e. The van der Waals surface area contributed by atoms with Crippen LogP contribution in [-0.2, 0) is 0 Å². The average Bonchev–Trinajstić information content (AvgIpc) is 2.14. The highest BCUT2D eigenvalue weighted by atomic mass is 79.9. The van der Waals surface area contributed by atoms with Gasteiger partial charge in [0.2, 0.25) is 0 Å². The molecule has 1 aromatic rings. The third-order valence-electron chi connectivity index (χ3n) is 1.81. The molecule has 0 aromatic heterocycles. The smallest absolute Gasteiger partial charge is 0.138 e. The average molecular weight is 278 g/mol. The predicted octanol–water partition coefficient (Wildman–Crippen LogP) is 4.06. The maximum atomic E-state index is 13.2. The highest BCUT2D eigenvalue weighted by molar-refractivity contribution is 9.10. The van der Waals surface area contributed by atoms with Crippen molar-refractivity contribution in [1.82, 2.24) is 0 Å². The van der Waals surface area contributed by atoms with E-state index in [1.54, 1.807) is 17.8 Å². The summed E-state index contributed by atoms with van der Waals surface area (Å²) in [5.74, 6) is 0.736. The van der Waals surface area contributed by atoms with Gasteiger partial charge in [0, 0.05) is 10.6 Å². The highest BCUT2D eigenvalue weighted by Crippen LogP contribution is 2.30. The molecular formula is C10H13BrFNS. The molecule has 2 N–H and O–H groups in total. The normalized spacial score (nSPS) is 10.5. The second-order valence-electron chi connectivity index (χ2n) is 3.01. The first kappa shape index (κ1) is 11.9. The van der Waals surface area contributed by atoms with Crippen LogP contribution < -0.4 is 5.73 Å². The lowest BCUT2D eigenvalue weighted by atomic mass is 10.3. The van der Waals surface area contributed by atoms with E-state index in [4.69, 9.17) is 5.73 Å². The summed E-state index contributed by atoms with van der Waals surface area (Å²) in [4.78, 5) is 0.833. The number of unbranched alkanes of at least 4 members (excludes halogenated alkanes) is 1. The van der Waals surface area contributed by atoms with Gasteiger partial charge in [-0.25, -0.2) is 4.39 Å². The number of anilines is 1. The lowest BCUT2D eigenvalue weighted by Gasteiger charge is -2.06. The number of benzene rings is 1. The molecule has 78 valence electrons. The minimum absolute atomic E-state index is 0.252. The molecule has 1 rings (SSSR count). The first-order chi connectivity index (χ1) is 6.65. The van der Waals surface area contributed by atoms with Gasteiger partial charge in [0.15, 0.2) is 0 Å². The van der Waals surface area contributed by atoms with Gasteiger partial charge in [-0.1, -0.05) is 13.3 Å². The molecule has 0 spiro atoms. The van der Waals surface area contributed by atoms with Gasteiger partial charge in [-0.3, -0.25) is 0 Å². The summed E-state index contributed by atoms with van der Waals surface area (Å²) in [6, 6.07) is 3.10. The number of thioether (sulfide) groups is 1. The number of hydrogen-bond acceptors (Lipinski definition) is 2. The van der Waals surface area contributed by atoms with Gasteiger partial charge in [0.1, 0.15) is 5.82 Å². The Hall–Kier alpha value is -0.220. The van der Waals surface area contributed by atoms with Crippen molar-refractivity contribution in [3.05, 3.63) is 22.4 Å². The van der Waals surface area contributed by atoms with Crippen LogP contribution in [0.1, 0.15) is 19.8 Å². The van der Waals surface area contributed by atoms with Crippen molar-refractivity contribution in [2.75, 3.05) is 11.5 Å². The number of halogens is 2. The van der Waals surface area contributed by atoms with Gasteiger partial charge in [0.05, 0.1) is 4.47 Å². The van der Waals surface area contributed by atoms with Crippen molar-refractivity contribution in [3.63, 3.8) is 0 Å². The Balaban J connectivity index is 2.72. The number of nitrogen functional groups attached to an aromatic ring is 1. The van der Waals surface area contributed by atoms with E-state index in [-0.39, 0.29) is 5.82 Å². The van der Waals surface area contributed by atoms with E-state index < -0.39 is 0 Å². The first-order valence-electron chi connectivity index (χ1n) is 4.52. The first-order valence-corrected chi connectivity index (χ1v) is 6.30. The Morgan fingerprint density at radius 1 is 1.50 bits per heavy atom. The standard InChI is InChI=1S/C10H13BrFNS/c1-2-3-4-14-10-6-8(12)7(11)5-9(10)13/h5-6H,2-4,13H2,1H3. The quantitative estimate of drug-likeness (QED) is 0.510. The zero-order valence-corrected chi connectivity index (χ0v) is 10.4. The van der Waals surface area contributed by atoms with E-state index in [1.165, 1.54) is 6.07 Å². The lowest BCUT2D eigenvalue weighted by Crippen LogP contribution is -1.91. The van der Waals surface area contributed by atoms with Crippen LogP contribution in [0.15, 0.2) is 21.5 Å². The Labute approximate surface area is 96.4 Å². The Kier molecular flexibility index (Phi) is 4.75. The van der Waals surface area contributed by atoms with Gasteiger partial charge < -0.3 is 5.73 Å². The molecule has 0 saturated heterocycles. The molecule has 0 bridgehead atoms. The van der Waals surface area contributed by atoms with Crippen molar-refractivity contribution in [2.45, 2.75) is 24.7 Å². The van der Waals surface area contributed by atoms with Crippen LogP contribution in [0.2, 0.25) is 0 Å². The number of nitrogens with two attached hydrogens (primary N) is 1. The fourth-order valence-electron chi connectivity index (χ4n) is 0.995. The van der Waals surface area contributed by atoms with Gasteiger partial charge in [-0.05, 0) is 40.2 Å². The summed E-state index contributed by atoms with van der Waals surface area (Å²) in [6.07, 6.45) is 2.27. The molecule has 0 radical (unpaired) electrons. The maximum absolute atomic E-state index is 13.2. The molecule has 0 heterocycles. The second kappa shape index (κ2) is 5.61. The largest absolute Gasteiger partial charge is 0.398 e. The Bertz CT molecular complexity index is 317. The van der Waals surface area contributed by atoms with Crippen LogP contribution in [0.4, 0.5) is 10.1 Å². The van der Waals surface area contributed by atoms with Crippen LogP contribution in [0.5, 0.6) is 0 Å². The molecule has 0 saturated carbocycles. The summed E-state index contributed by atoms with van der Waals surface area (Å²) in [5.41, 5.74) is 6.39. The van der Waals surface area contributed by atoms with Crippen molar-refractivity contribution >= 4 is 33.4 Å². The topological polar surface area (TPSA) is 26.0 Å². The van der Waals surface area contributed by atoms with Crippen LogP contribution in [0, 0.1) is 5.82 Å². The van der Waals surface area contributed by atoms with E-state index in [0.29, 0.717) is 10.2 Å². The fourth-order valence-corrected chi connectivity index (χ4v) is 2.42. The van der Waals surface area contributed by atoms with Crippen molar-refractivity contribution < 1.29 is 4.39 Å². The van der Waals surface area contributed by atoms with E-state index in [9.17, 15) is 4.39 Å². The van der Waals surface area contributed by atoms with Crippen LogP contribution in [-0.4, -0.2) is 5.75 Å². The summed E-state index contributed by atoms with van der Waals surface area (Å²) >= 11 is 4.71. The van der Waals surface area contributed by atoms with Crippen molar-refractivity contribution in [2.24, 2.45) is 0 Å². The molecule has 0 fully saturated rings. The third kappa shape index (κ3) is 3.17. The molecule has 0 amide bonds. The van der Waals surface area contributed by atoms with E-state index in [2.05, 4.69) is 22.9 Å². The summed E-state index contributed by atoms with van der Waals surface area (Å²) in [6.45, 7) is 2.13. The monoisotopic (exact) mass is 277 g/mol. The fraction of sp³-hybridized carbons (Fsp3) is 0.400. The highest BCUT2D eigenvalue weighted by Gasteiger charge is 2.05. The zero-order valence-electron chi connectivity index (χ0n) is 8.02. The lowest BCUT2D eigenvalue weighted by molar-refractivity contribution is 0.618. The molecule has 1 nitrogen and oxygen atoms in total. The van der Waals surface area contributed by atoms with E-state index in [0.717, 1.165) is 23.5 Å². The Morgan fingerprint density at radius 2 is 2.21 bits per heavy atom. The SMILES string of the molecule is CCCCSc1cc(F)c(Br)cc1N. The Morgan fingerprint density at radius 3 is 2.86 bits per heavy atom. The predicted molar refractivity (Wildman–Crippen MR) is 64.1 cm³/mol. The van der Waals surface area contributed by atoms with Gasteiger partial charge in [0.25, 0.3) is 0 Å². The minimum atomic E-state index is -0.252. The maximum Gasteiger partial charge on any atom is 0.138 e. The summed E-state index contributed by atoms with van der Waals surface area (Å²) < 4.78 is 13.6. The number of hydrogen-bond donors (Lipinski definition) is 1. The molecule has 0 unspecified atom stereocenters. The second-order valence-corrected chi connectivity index (χ2v) is 5.00. The van der Waals surface area contributed by atoms with Crippen LogP contribution in [0.3, 0.4) is 0 Å². The molecular weight excluding hydrogens is 265 g/mol.